The molecule has 22 heavy (non-hydrogen) atoms. The summed E-state index contributed by atoms with van der Waals surface area (Å²) in [6, 6.07) is 7.17. The standard InChI is InChI=1S/C17H21N3O2/c1-22-15-7-4-6-13(11-15)17(21)18-9-10-20-16-8-3-2-5-14(16)12-19-20/h4,6-7,11-12H,2-3,5,8-10H2,1H3,(H,18,21). The Kier molecular flexibility index (Phi) is 4.42. The second-order valence-electron chi connectivity index (χ2n) is 5.53. The van der Waals surface area contributed by atoms with Crippen LogP contribution < -0.4 is 10.1 Å². The number of amides is 1. The fourth-order valence-electron chi connectivity index (χ4n) is 2.89. The van der Waals surface area contributed by atoms with Gasteiger partial charge < -0.3 is 10.1 Å². The molecule has 1 amide bonds. The maximum atomic E-state index is 12.1. The molecule has 5 heteroatoms. The molecule has 0 bridgehead atoms. The van der Waals surface area contributed by atoms with Crippen LogP contribution in [0.1, 0.15) is 34.5 Å². The van der Waals surface area contributed by atoms with E-state index in [-0.39, 0.29) is 5.91 Å². The van der Waals surface area contributed by atoms with Crippen LogP contribution in [0.25, 0.3) is 0 Å². The number of aromatic nitrogens is 2. The van der Waals surface area contributed by atoms with Crippen LogP contribution in [0.5, 0.6) is 5.75 Å². The molecule has 0 saturated carbocycles. The largest absolute Gasteiger partial charge is 0.497 e. The lowest BCUT2D eigenvalue weighted by Crippen LogP contribution is -2.28. The van der Waals surface area contributed by atoms with Gasteiger partial charge in [0.25, 0.3) is 5.91 Å². The van der Waals surface area contributed by atoms with Crippen molar-refractivity contribution in [2.45, 2.75) is 32.2 Å². The summed E-state index contributed by atoms with van der Waals surface area (Å²) in [4.78, 5) is 12.1. The van der Waals surface area contributed by atoms with Crippen LogP contribution in [0.2, 0.25) is 0 Å². The average molecular weight is 299 g/mol. The van der Waals surface area contributed by atoms with E-state index in [0.717, 1.165) is 12.8 Å². The summed E-state index contributed by atoms with van der Waals surface area (Å²) < 4.78 is 7.16. The molecule has 0 radical (unpaired) electrons. The van der Waals surface area contributed by atoms with Gasteiger partial charge in [-0.25, -0.2) is 0 Å². The van der Waals surface area contributed by atoms with Crippen LogP contribution in [-0.2, 0) is 19.4 Å². The number of carbonyl (C=O) groups is 1. The Balaban J connectivity index is 1.56. The van der Waals surface area contributed by atoms with Gasteiger partial charge in [-0.05, 0) is 49.4 Å². The number of rotatable bonds is 5. The summed E-state index contributed by atoms with van der Waals surface area (Å²) in [5.41, 5.74) is 3.31. The molecule has 1 N–H and O–H groups in total. The van der Waals surface area contributed by atoms with E-state index in [1.807, 2.05) is 23.0 Å². The molecule has 1 aromatic heterocycles. The maximum Gasteiger partial charge on any atom is 0.251 e. The minimum Gasteiger partial charge on any atom is -0.497 e. The van der Waals surface area contributed by atoms with E-state index in [4.69, 9.17) is 4.74 Å². The topological polar surface area (TPSA) is 56.1 Å². The Morgan fingerprint density at radius 2 is 2.23 bits per heavy atom. The third-order valence-corrected chi connectivity index (χ3v) is 4.09. The van der Waals surface area contributed by atoms with Crippen LogP contribution in [0, 0.1) is 0 Å². The summed E-state index contributed by atoms with van der Waals surface area (Å²) >= 11 is 0. The lowest BCUT2D eigenvalue weighted by atomic mass is 9.98. The number of aryl methyl sites for hydroxylation is 1. The molecule has 0 aliphatic heterocycles. The molecule has 1 aliphatic carbocycles. The number of nitrogens with one attached hydrogen (secondary N) is 1. The lowest BCUT2D eigenvalue weighted by molar-refractivity contribution is 0.0951. The molecule has 2 aromatic rings. The lowest BCUT2D eigenvalue weighted by Gasteiger charge is -2.14. The number of hydrogen-bond donors (Lipinski definition) is 1. The zero-order chi connectivity index (χ0) is 15.4. The molecule has 1 heterocycles. The van der Waals surface area contributed by atoms with Crippen LogP contribution >= 0.6 is 0 Å². The molecule has 0 fully saturated rings. The van der Waals surface area contributed by atoms with E-state index in [2.05, 4.69) is 10.4 Å². The van der Waals surface area contributed by atoms with Crippen molar-refractivity contribution in [1.29, 1.82) is 0 Å². The maximum absolute atomic E-state index is 12.1. The van der Waals surface area contributed by atoms with Crippen molar-refractivity contribution >= 4 is 5.91 Å². The summed E-state index contributed by atoms with van der Waals surface area (Å²) in [7, 11) is 1.60. The first kappa shape index (κ1) is 14.6. The van der Waals surface area contributed by atoms with Gasteiger partial charge in [0.15, 0.2) is 0 Å². The van der Waals surface area contributed by atoms with Gasteiger partial charge in [0.1, 0.15) is 5.75 Å². The van der Waals surface area contributed by atoms with Crippen LogP contribution in [0.3, 0.4) is 0 Å². The number of hydrogen-bond acceptors (Lipinski definition) is 3. The predicted octanol–water partition coefficient (Wildman–Crippen LogP) is 2.20. The minimum absolute atomic E-state index is 0.0834. The number of benzene rings is 1. The SMILES string of the molecule is COc1cccc(C(=O)NCCn2ncc3c2CCCC3)c1. The van der Waals surface area contributed by atoms with Crippen molar-refractivity contribution < 1.29 is 9.53 Å². The predicted molar refractivity (Wildman–Crippen MR) is 84.2 cm³/mol. The highest BCUT2D eigenvalue weighted by Gasteiger charge is 2.14. The molecule has 116 valence electrons. The molecule has 1 aliphatic rings. The van der Waals surface area contributed by atoms with Crippen molar-refractivity contribution in [1.82, 2.24) is 15.1 Å². The average Bonchev–Trinajstić information content (AvgIpc) is 2.98. The number of fused-ring (bicyclic) bond motifs is 1. The summed E-state index contributed by atoms with van der Waals surface area (Å²) in [5.74, 6) is 0.605. The third-order valence-electron chi connectivity index (χ3n) is 4.09. The van der Waals surface area contributed by atoms with Gasteiger partial charge in [0.2, 0.25) is 0 Å². The number of methoxy groups -OCH3 is 1. The van der Waals surface area contributed by atoms with Gasteiger partial charge in [-0.1, -0.05) is 6.07 Å². The molecule has 0 atom stereocenters. The Morgan fingerprint density at radius 3 is 3.09 bits per heavy atom. The summed E-state index contributed by atoms with van der Waals surface area (Å²) in [5, 5.41) is 7.38. The third kappa shape index (κ3) is 3.13. The fourth-order valence-corrected chi connectivity index (χ4v) is 2.89. The van der Waals surface area contributed by atoms with E-state index in [1.54, 1.807) is 19.2 Å². The Bertz CT molecular complexity index is 664. The van der Waals surface area contributed by atoms with E-state index < -0.39 is 0 Å². The van der Waals surface area contributed by atoms with Gasteiger partial charge >= 0.3 is 0 Å². The first-order valence-electron chi connectivity index (χ1n) is 7.74. The highest BCUT2D eigenvalue weighted by Crippen LogP contribution is 2.20. The zero-order valence-electron chi connectivity index (χ0n) is 12.8. The highest BCUT2D eigenvalue weighted by atomic mass is 16.5. The number of nitrogens with zero attached hydrogens (tertiary/aromatic N) is 2. The van der Waals surface area contributed by atoms with Crippen LogP contribution in [-0.4, -0.2) is 29.3 Å². The second kappa shape index (κ2) is 6.64. The quantitative estimate of drug-likeness (QED) is 0.921. The molecular formula is C17H21N3O2. The van der Waals surface area contributed by atoms with Crippen molar-refractivity contribution in [3.8, 4) is 5.75 Å². The fraction of sp³-hybridized carbons (Fsp3) is 0.412. The molecule has 0 saturated heterocycles. The highest BCUT2D eigenvalue weighted by molar-refractivity contribution is 5.94. The van der Waals surface area contributed by atoms with Gasteiger partial charge in [-0.15, -0.1) is 0 Å². The Morgan fingerprint density at radius 1 is 1.36 bits per heavy atom. The van der Waals surface area contributed by atoms with Gasteiger partial charge in [-0.2, -0.15) is 5.10 Å². The molecule has 0 spiro atoms. The first-order chi connectivity index (χ1) is 10.8. The van der Waals surface area contributed by atoms with Crippen LogP contribution in [0.4, 0.5) is 0 Å². The Hall–Kier alpha value is -2.30. The summed E-state index contributed by atoms with van der Waals surface area (Å²) in [6.07, 6.45) is 6.68. The summed E-state index contributed by atoms with van der Waals surface area (Å²) in [6.45, 7) is 1.29. The van der Waals surface area contributed by atoms with Crippen molar-refractivity contribution in [3.63, 3.8) is 0 Å². The first-order valence-corrected chi connectivity index (χ1v) is 7.74. The van der Waals surface area contributed by atoms with Crippen molar-refractivity contribution in [3.05, 3.63) is 47.3 Å². The number of carbonyl (C=O) groups excluding carboxylic acids is 1. The Labute approximate surface area is 130 Å². The van der Waals surface area contributed by atoms with E-state index in [1.165, 1.54) is 24.1 Å². The molecule has 1 aromatic carbocycles. The molecule has 5 nitrogen and oxygen atoms in total. The van der Waals surface area contributed by atoms with Crippen LogP contribution in [0.15, 0.2) is 30.5 Å². The van der Waals surface area contributed by atoms with Crippen molar-refractivity contribution in [2.75, 3.05) is 13.7 Å². The van der Waals surface area contributed by atoms with Crippen molar-refractivity contribution in [2.24, 2.45) is 0 Å². The minimum atomic E-state index is -0.0834. The smallest absolute Gasteiger partial charge is 0.251 e. The van der Waals surface area contributed by atoms with E-state index in [9.17, 15) is 4.79 Å². The normalized spacial score (nSPS) is 13.5. The van der Waals surface area contributed by atoms with Gasteiger partial charge in [0.05, 0.1) is 19.9 Å². The molecule has 0 unspecified atom stereocenters. The van der Waals surface area contributed by atoms with E-state index in [0.29, 0.717) is 24.4 Å². The van der Waals surface area contributed by atoms with Gasteiger partial charge in [-0.3, -0.25) is 9.48 Å². The second-order valence-corrected chi connectivity index (χ2v) is 5.53. The molecular weight excluding hydrogens is 278 g/mol. The monoisotopic (exact) mass is 299 g/mol. The molecule has 3 rings (SSSR count). The van der Waals surface area contributed by atoms with Gasteiger partial charge in [0, 0.05) is 17.8 Å². The zero-order valence-corrected chi connectivity index (χ0v) is 12.8. The van der Waals surface area contributed by atoms with E-state index >= 15 is 0 Å². The number of ether oxygens (including phenoxy) is 1.